The molecule has 1 aliphatic rings. The average Bonchev–Trinajstić information content (AvgIpc) is 2.10. The summed E-state index contributed by atoms with van der Waals surface area (Å²) in [6.07, 6.45) is 3.11. The predicted molar refractivity (Wildman–Crippen MR) is 60.5 cm³/mol. The van der Waals surface area contributed by atoms with Crippen molar-refractivity contribution in [3.8, 4) is 0 Å². The zero-order valence-corrected chi connectivity index (χ0v) is 9.42. The minimum absolute atomic E-state index is 0.323. The van der Waals surface area contributed by atoms with Crippen molar-refractivity contribution in [1.29, 1.82) is 5.41 Å². The maximum Gasteiger partial charge on any atom is 0.0905 e. The van der Waals surface area contributed by atoms with E-state index >= 15 is 0 Å². The van der Waals surface area contributed by atoms with E-state index in [9.17, 15) is 0 Å². The molecule has 1 heterocycles. The molecule has 0 spiro atoms. The molecule has 14 heavy (non-hydrogen) atoms. The van der Waals surface area contributed by atoms with E-state index in [-0.39, 0.29) is 0 Å². The molecule has 82 valence electrons. The Balaban J connectivity index is 2.16. The molecular weight excluding hydrogens is 174 g/mol. The number of nitrogens with two attached hydrogens (primary N) is 1. The van der Waals surface area contributed by atoms with Crippen LogP contribution in [0.2, 0.25) is 0 Å². The lowest BCUT2D eigenvalue weighted by molar-refractivity contribution is 0.138. The molecule has 1 rings (SSSR count). The van der Waals surface area contributed by atoms with E-state index < -0.39 is 0 Å². The van der Waals surface area contributed by atoms with Crippen LogP contribution in [0.1, 0.15) is 33.1 Å². The predicted octanol–water partition coefficient (Wildman–Crippen LogP) is 1.68. The SMILES string of the molecule is CC1CCN(CCCC(=N)N)CC1C. The molecule has 3 heteroatoms. The Labute approximate surface area is 87.2 Å². The fourth-order valence-electron chi connectivity index (χ4n) is 2.05. The molecule has 3 nitrogen and oxygen atoms in total. The van der Waals surface area contributed by atoms with Crippen molar-refractivity contribution >= 4 is 5.84 Å². The molecule has 1 saturated heterocycles. The van der Waals surface area contributed by atoms with Crippen LogP contribution >= 0.6 is 0 Å². The van der Waals surface area contributed by atoms with Gasteiger partial charge in [0.05, 0.1) is 5.84 Å². The maximum absolute atomic E-state index is 7.14. The number of likely N-dealkylation sites (tertiary alicyclic amines) is 1. The third-order valence-electron chi connectivity index (χ3n) is 3.34. The summed E-state index contributed by atoms with van der Waals surface area (Å²) in [5.41, 5.74) is 5.32. The first-order valence-corrected chi connectivity index (χ1v) is 5.65. The molecule has 1 fully saturated rings. The summed E-state index contributed by atoms with van der Waals surface area (Å²) in [6, 6.07) is 0. The lowest BCUT2D eigenvalue weighted by Gasteiger charge is -2.35. The van der Waals surface area contributed by atoms with Gasteiger partial charge in [-0.05, 0) is 37.8 Å². The number of nitrogens with one attached hydrogen (secondary N) is 1. The molecular formula is C11H23N3. The standard InChI is InChI=1S/C11H23N3/c1-9-5-7-14(8-10(9)2)6-3-4-11(12)13/h9-10H,3-8H2,1-2H3,(H3,12,13). The fraction of sp³-hybridized carbons (Fsp3) is 0.909. The highest BCUT2D eigenvalue weighted by Crippen LogP contribution is 2.22. The minimum Gasteiger partial charge on any atom is -0.388 e. The first kappa shape index (κ1) is 11.5. The van der Waals surface area contributed by atoms with Gasteiger partial charge in [0.15, 0.2) is 0 Å². The summed E-state index contributed by atoms with van der Waals surface area (Å²) in [4.78, 5) is 2.51. The van der Waals surface area contributed by atoms with Crippen molar-refractivity contribution < 1.29 is 0 Å². The van der Waals surface area contributed by atoms with Gasteiger partial charge < -0.3 is 10.6 Å². The second-order valence-electron chi connectivity index (χ2n) is 4.67. The first-order chi connectivity index (χ1) is 6.59. The highest BCUT2D eigenvalue weighted by Gasteiger charge is 2.21. The summed E-state index contributed by atoms with van der Waals surface area (Å²) in [5.74, 6) is 2.02. The van der Waals surface area contributed by atoms with Crippen LogP contribution in [0.5, 0.6) is 0 Å². The van der Waals surface area contributed by atoms with Crippen molar-refractivity contribution in [2.45, 2.75) is 33.1 Å². The van der Waals surface area contributed by atoms with Gasteiger partial charge in [-0.3, -0.25) is 5.41 Å². The van der Waals surface area contributed by atoms with Crippen LogP contribution in [0.15, 0.2) is 0 Å². The highest BCUT2D eigenvalue weighted by molar-refractivity contribution is 5.76. The number of piperidine rings is 1. The van der Waals surface area contributed by atoms with Crippen LogP contribution in [-0.2, 0) is 0 Å². The minimum atomic E-state index is 0.323. The van der Waals surface area contributed by atoms with E-state index in [4.69, 9.17) is 11.1 Å². The van der Waals surface area contributed by atoms with Crippen LogP contribution in [0.25, 0.3) is 0 Å². The van der Waals surface area contributed by atoms with Crippen molar-refractivity contribution in [2.75, 3.05) is 19.6 Å². The summed E-state index contributed by atoms with van der Waals surface area (Å²) in [7, 11) is 0. The molecule has 2 unspecified atom stereocenters. The molecule has 2 atom stereocenters. The topological polar surface area (TPSA) is 53.1 Å². The van der Waals surface area contributed by atoms with Gasteiger partial charge in [-0.1, -0.05) is 13.8 Å². The third-order valence-corrected chi connectivity index (χ3v) is 3.34. The average molecular weight is 197 g/mol. The Morgan fingerprint density at radius 2 is 2.14 bits per heavy atom. The van der Waals surface area contributed by atoms with E-state index in [0.717, 1.165) is 31.2 Å². The number of amidine groups is 1. The van der Waals surface area contributed by atoms with E-state index in [1.165, 1.54) is 19.5 Å². The Morgan fingerprint density at radius 1 is 1.43 bits per heavy atom. The summed E-state index contributed by atoms with van der Waals surface area (Å²) >= 11 is 0. The lowest BCUT2D eigenvalue weighted by atomic mass is 9.88. The molecule has 0 aromatic rings. The second kappa shape index (κ2) is 5.35. The molecule has 0 amide bonds. The largest absolute Gasteiger partial charge is 0.388 e. The van der Waals surface area contributed by atoms with Gasteiger partial charge in [0, 0.05) is 13.0 Å². The van der Waals surface area contributed by atoms with Gasteiger partial charge in [0.25, 0.3) is 0 Å². The molecule has 3 N–H and O–H groups in total. The van der Waals surface area contributed by atoms with Gasteiger partial charge in [-0.2, -0.15) is 0 Å². The van der Waals surface area contributed by atoms with Crippen molar-refractivity contribution in [2.24, 2.45) is 17.6 Å². The van der Waals surface area contributed by atoms with E-state index in [1.54, 1.807) is 0 Å². The molecule has 0 aliphatic carbocycles. The van der Waals surface area contributed by atoms with E-state index in [1.807, 2.05) is 0 Å². The van der Waals surface area contributed by atoms with Gasteiger partial charge in [-0.15, -0.1) is 0 Å². The zero-order chi connectivity index (χ0) is 10.6. The lowest BCUT2D eigenvalue weighted by Crippen LogP contribution is -2.39. The van der Waals surface area contributed by atoms with Crippen LogP contribution in [0.4, 0.5) is 0 Å². The monoisotopic (exact) mass is 197 g/mol. The summed E-state index contributed by atoms with van der Waals surface area (Å²) in [6.45, 7) is 8.23. The van der Waals surface area contributed by atoms with Crippen LogP contribution in [0.3, 0.4) is 0 Å². The summed E-state index contributed by atoms with van der Waals surface area (Å²) in [5, 5.41) is 7.14. The number of rotatable bonds is 4. The van der Waals surface area contributed by atoms with E-state index in [2.05, 4.69) is 18.7 Å². The Morgan fingerprint density at radius 3 is 2.71 bits per heavy atom. The zero-order valence-electron chi connectivity index (χ0n) is 9.42. The molecule has 1 aliphatic heterocycles. The smallest absolute Gasteiger partial charge is 0.0905 e. The van der Waals surface area contributed by atoms with Gasteiger partial charge in [0.2, 0.25) is 0 Å². The number of hydrogen-bond acceptors (Lipinski definition) is 2. The van der Waals surface area contributed by atoms with Crippen LogP contribution in [-0.4, -0.2) is 30.4 Å². The van der Waals surface area contributed by atoms with Gasteiger partial charge in [-0.25, -0.2) is 0 Å². The Bertz CT molecular complexity index is 191. The summed E-state index contributed by atoms with van der Waals surface area (Å²) < 4.78 is 0. The molecule has 0 bridgehead atoms. The number of hydrogen-bond donors (Lipinski definition) is 2. The third kappa shape index (κ3) is 3.66. The quantitative estimate of drug-likeness (QED) is 0.532. The van der Waals surface area contributed by atoms with Gasteiger partial charge >= 0.3 is 0 Å². The maximum atomic E-state index is 7.14. The first-order valence-electron chi connectivity index (χ1n) is 5.65. The van der Waals surface area contributed by atoms with Crippen LogP contribution < -0.4 is 5.73 Å². The van der Waals surface area contributed by atoms with Crippen molar-refractivity contribution in [3.05, 3.63) is 0 Å². The molecule has 0 radical (unpaired) electrons. The molecule has 0 aromatic heterocycles. The number of nitrogens with zero attached hydrogens (tertiary/aromatic N) is 1. The Kier molecular flexibility index (Phi) is 4.39. The fourth-order valence-corrected chi connectivity index (χ4v) is 2.05. The molecule has 0 aromatic carbocycles. The Hall–Kier alpha value is -0.570. The van der Waals surface area contributed by atoms with Crippen molar-refractivity contribution in [3.63, 3.8) is 0 Å². The van der Waals surface area contributed by atoms with Crippen molar-refractivity contribution in [1.82, 2.24) is 4.90 Å². The second-order valence-corrected chi connectivity index (χ2v) is 4.67. The van der Waals surface area contributed by atoms with Gasteiger partial charge in [0.1, 0.15) is 0 Å². The van der Waals surface area contributed by atoms with E-state index in [0.29, 0.717) is 5.84 Å². The van der Waals surface area contributed by atoms with Crippen LogP contribution in [0, 0.1) is 17.2 Å². The highest BCUT2D eigenvalue weighted by atomic mass is 15.1. The normalized spacial score (nSPS) is 29.0. The molecule has 0 saturated carbocycles.